The summed E-state index contributed by atoms with van der Waals surface area (Å²) < 4.78 is 9.50. The van der Waals surface area contributed by atoms with Gasteiger partial charge in [0.15, 0.2) is 0 Å². The zero-order valence-electron chi connectivity index (χ0n) is 16.4. The van der Waals surface area contributed by atoms with Crippen molar-refractivity contribution < 1.29 is 43.7 Å². The fourth-order valence-corrected chi connectivity index (χ4v) is 1.64. The van der Waals surface area contributed by atoms with E-state index in [1.807, 2.05) is 28.8 Å². The minimum Gasteiger partial charge on any atom is -0.481 e. The number of hydrogen-bond acceptors (Lipinski definition) is 6. The van der Waals surface area contributed by atoms with Gasteiger partial charge < -0.3 is 31.3 Å². The van der Waals surface area contributed by atoms with Crippen LogP contribution in [0.25, 0.3) is 0 Å². The first-order chi connectivity index (χ1) is 14.1. The Labute approximate surface area is 171 Å². The van der Waals surface area contributed by atoms with Crippen LogP contribution in [0.1, 0.15) is 19.8 Å². The van der Waals surface area contributed by atoms with E-state index in [9.17, 15) is 28.4 Å². The number of carbonyl (C=O) groups excluding carboxylic acids is 2. The topological polar surface area (TPSA) is 195 Å². The molecular formula is C17H25FN4O8. The molecule has 3 amide bonds. The molecule has 0 fully saturated rings. The van der Waals surface area contributed by atoms with Crippen LogP contribution in [0.4, 0.5) is 9.18 Å². The van der Waals surface area contributed by atoms with Crippen molar-refractivity contribution in [3.63, 3.8) is 0 Å². The van der Waals surface area contributed by atoms with Gasteiger partial charge in [-0.1, -0.05) is 6.07 Å². The van der Waals surface area contributed by atoms with Crippen molar-refractivity contribution >= 4 is 29.8 Å². The average Bonchev–Trinajstić information content (AvgIpc) is 2.71. The van der Waals surface area contributed by atoms with E-state index in [0.29, 0.717) is 7.18 Å². The first-order valence-electron chi connectivity index (χ1n) is 8.35. The third-order valence-corrected chi connectivity index (χ3v) is 2.98. The van der Waals surface area contributed by atoms with E-state index >= 15 is 0 Å². The number of rotatable bonds is 9. The first-order valence-corrected chi connectivity index (χ1v) is 8.35. The molecule has 0 bridgehead atoms. The monoisotopic (exact) mass is 431 g/mol. The molecule has 0 aromatic carbocycles. The van der Waals surface area contributed by atoms with Crippen molar-refractivity contribution in [2.75, 3.05) is 13.7 Å². The summed E-state index contributed by atoms with van der Waals surface area (Å²) in [6.07, 6.45) is 2.66. The van der Waals surface area contributed by atoms with Crippen LogP contribution in [0, 0.1) is 0 Å². The van der Waals surface area contributed by atoms with Crippen LogP contribution in [-0.4, -0.2) is 76.0 Å². The molecule has 1 aromatic rings. The number of carboxylic acids is 3. The number of amides is 3. The minimum atomic E-state index is -1.48. The van der Waals surface area contributed by atoms with Crippen molar-refractivity contribution in [1.82, 2.24) is 20.9 Å². The average molecular weight is 431 g/mol. The fourth-order valence-electron chi connectivity index (χ4n) is 1.64. The lowest BCUT2D eigenvalue weighted by Gasteiger charge is -2.18. The highest BCUT2D eigenvalue weighted by atomic mass is 18.2. The summed E-state index contributed by atoms with van der Waals surface area (Å²) in [5, 5.41) is 32.3. The summed E-state index contributed by atoms with van der Waals surface area (Å²) in [6, 6.07) is 1.67. The smallest absolute Gasteiger partial charge is 0.328 e. The molecule has 0 aliphatic carbocycles. The zero-order chi connectivity index (χ0) is 23.5. The Morgan fingerprint density at radius 2 is 1.40 bits per heavy atom. The summed E-state index contributed by atoms with van der Waals surface area (Å²) in [5.41, 5.74) is 0. The lowest BCUT2D eigenvalue weighted by Crippen LogP contribution is -2.54. The van der Waals surface area contributed by atoms with E-state index < -0.39 is 48.4 Å². The second-order valence-electron chi connectivity index (χ2n) is 5.29. The number of alkyl halides is 1. The van der Waals surface area contributed by atoms with Gasteiger partial charge in [-0.05, 0) is 18.6 Å². The second-order valence-corrected chi connectivity index (χ2v) is 5.29. The highest BCUT2D eigenvalue weighted by Crippen LogP contribution is 1.98. The molecular weight excluding hydrogens is 406 g/mol. The van der Waals surface area contributed by atoms with E-state index in [1.165, 1.54) is 0 Å². The van der Waals surface area contributed by atoms with Crippen LogP contribution in [-0.2, 0) is 19.2 Å². The molecule has 168 valence electrons. The first kappa shape index (κ1) is 28.4. The minimum absolute atomic E-state index is 0.360. The molecule has 0 radical (unpaired) electrons. The lowest BCUT2D eigenvalue weighted by atomic mass is 10.1. The molecule has 6 N–H and O–H groups in total. The van der Waals surface area contributed by atoms with Crippen molar-refractivity contribution in [1.29, 1.82) is 0 Å². The van der Waals surface area contributed by atoms with Crippen LogP contribution in [0.2, 0.25) is 0 Å². The zero-order valence-corrected chi connectivity index (χ0v) is 16.4. The number of aliphatic carboxylic acids is 3. The Hall–Kier alpha value is -3.77. The van der Waals surface area contributed by atoms with Gasteiger partial charge in [-0.2, -0.15) is 0 Å². The lowest BCUT2D eigenvalue weighted by molar-refractivity contribution is -0.141. The number of pyridine rings is 1. The standard InChI is InChI=1S/C11H17N3O8.C5H5N.CH3F/c1-5(15)12-4-7(10(20)21)14-11(22)13-6(9(18)19)2-3-8(16)17;1-2-4-6-5-3-1;1-2/h6-7H,2-4H2,1H3,(H,12,15)(H,16,17)(H,18,19)(H,20,21)(H2,13,14,22);1-5H;1H3/t6-,7-;;/m0../s1/i;;2-1. The Balaban J connectivity index is 0. The number of carboxylic acid groups (broad SMARTS) is 3. The number of hydrogen-bond donors (Lipinski definition) is 6. The van der Waals surface area contributed by atoms with Gasteiger partial charge in [0.2, 0.25) is 5.91 Å². The maximum atomic E-state index is 11.6. The molecule has 1 heterocycles. The van der Waals surface area contributed by atoms with E-state index in [1.54, 1.807) is 12.4 Å². The maximum absolute atomic E-state index is 11.6. The number of nitrogens with one attached hydrogen (secondary N) is 3. The normalized spacial score (nSPS) is 11.0. The Kier molecular flexibility index (Phi) is 16.4. The highest BCUT2D eigenvalue weighted by Gasteiger charge is 2.24. The number of halogens is 1. The number of nitrogens with zero attached hydrogens (tertiary/aromatic N) is 1. The van der Waals surface area contributed by atoms with E-state index in [4.69, 9.17) is 15.3 Å². The van der Waals surface area contributed by atoms with Crippen molar-refractivity contribution in [2.45, 2.75) is 31.8 Å². The van der Waals surface area contributed by atoms with Gasteiger partial charge in [-0.25, -0.2) is 14.4 Å². The number of carbonyl (C=O) groups is 5. The van der Waals surface area contributed by atoms with Crippen LogP contribution in [0.5, 0.6) is 0 Å². The Morgan fingerprint density at radius 3 is 1.73 bits per heavy atom. The van der Waals surface area contributed by atoms with E-state index in [2.05, 4.69) is 10.3 Å². The van der Waals surface area contributed by atoms with Gasteiger partial charge in [-0.3, -0.25) is 19.0 Å². The van der Waals surface area contributed by atoms with Gasteiger partial charge in [0, 0.05) is 32.3 Å². The van der Waals surface area contributed by atoms with Crippen LogP contribution in [0.3, 0.4) is 0 Å². The molecule has 30 heavy (non-hydrogen) atoms. The third kappa shape index (κ3) is 16.4. The Morgan fingerprint density at radius 1 is 0.900 bits per heavy atom. The summed E-state index contributed by atoms with van der Waals surface area (Å²) >= 11 is 0. The SMILES string of the molecule is CC(=O)NC[C@H](NC(=O)N[C@@H](CCC(=O)O)C(=O)O)C(=O)O.C[18F].c1ccncc1. The molecule has 12 nitrogen and oxygen atoms in total. The molecule has 0 aliphatic heterocycles. The molecule has 1 rings (SSSR count). The molecule has 0 saturated heterocycles. The summed E-state index contributed by atoms with van der Waals surface area (Å²) in [4.78, 5) is 58.2. The predicted octanol–water partition coefficient (Wildman–Crippen LogP) is -0.140. The van der Waals surface area contributed by atoms with Crippen molar-refractivity contribution in [3.05, 3.63) is 30.6 Å². The van der Waals surface area contributed by atoms with E-state index in [0.717, 1.165) is 6.92 Å². The van der Waals surface area contributed by atoms with Gasteiger partial charge in [0.25, 0.3) is 0 Å². The van der Waals surface area contributed by atoms with Crippen LogP contribution < -0.4 is 16.0 Å². The molecule has 0 saturated carbocycles. The van der Waals surface area contributed by atoms with Gasteiger partial charge in [-0.15, -0.1) is 0 Å². The Bertz CT molecular complexity index is 608. The summed E-state index contributed by atoms with van der Waals surface area (Å²) in [6.45, 7) is 0.774. The third-order valence-electron chi connectivity index (χ3n) is 2.98. The largest absolute Gasteiger partial charge is 0.481 e. The van der Waals surface area contributed by atoms with Gasteiger partial charge in [0.05, 0.1) is 7.18 Å². The van der Waals surface area contributed by atoms with Crippen molar-refractivity contribution in [2.24, 2.45) is 0 Å². The molecule has 0 aliphatic rings. The second kappa shape index (κ2) is 17.3. The van der Waals surface area contributed by atoms with E-state index in [-0.39, 0.29) is 13.0 Å². The maximum Gasteiger partial charge on any atom is 0.328 e. The van der Waals surface area contributed by atoms with Gasteiger partial charge in [0.1, 0.15) is 12.1 Å². The number of aromatic nitrogens is 1. The predicted molar refractivity (Wildman–Crippen MR) is 101 cm³/mol. The summed E-state index contributed by atoms with van der Waals surface area (Å²) in [7, 11) is 0.500. The molecule has 0 spiro atoms. The summed E-state index contributed by atoms with van der Waals surface area (Å²) in [5.74, 6) is -4.62. The van der Waals surface area contributed by atoms with Gasteiger partial charge >= 0.3 is 23.9 Å². The molecule has 13 heteroatoms. The van der Waals surface area contributed by atoms with Crippen LogP contribution in [0.15, 0.2) is 30.6 Å². The number of urea groups is 1. The highest BCUT2D eigenvalue weighted by molar-refractivity contribution is 5.86. The van der Waals surface area contributed by atoms with Crippen molar-refractivity contribution in [3.8, 4) is 0 Å². The quantitative estimate of drug-likeness (QED) is 0.308. The molecule has 1 aromatic heterocycles. The molecule has 0 unspecified atom stereocenters. The van der Waals surface area contributed by atoms with Crippen LogP contribution >= 0.6 is 0 Å². The molecule has 2 atom stereocenters. The fraction of sp³-hybridized carbons (Fsp3) is 0.412.